The van der Waals surface area contributed by atoms with E-state index >= 15 is 0 Å². The molecule has 0 heterocycles. The molecule has 12 N–H and O–H groups in total. The van der Waals surface area contributed by atoms with Crippen LogP contribution in [0.3, 0.4) is 0 Å². The zero-order valence-corrected chi connectivity index (χ0v) is 20.7. The second-order valence-electron chi connectivity index (χ2n) is 8.21. The molecular formula is C20H40N8O5S. The van der Waals surface area contributed by atoms with Gasteiger partial charge in [0.05, 0.1) is 6.04 Å². The Hall–Kier alpha value is -2.58. The van der Waals surface area contributed by atoms with Crippen LogP contribution in [0.4, 0.5) is 0 Å². The number of carboxylic acids is 1. The van der Waals surface area contributed by atoms with Gasteiger partial charge in [0.2, 0.25) is 17.7 Å². The molecule has 0 saturated heterocycles. The minimum atomic E-state index is -1.18. The van der Waals surface area contributed by atoms with E-state index in [1.165, 1.54) is 0 Å². The summed E-state index contributed by atoms with van der Waals surface area (Å²) in [6.45, 7) is 4.04. The van der Waals surface area contributed by atoms with E-state index in [1.54, 1.807) is 13.8 Å². The fourth-order valence-electron chi connectivity index (χ4n) is 2.92. The number of rotatable bonds is 17. The molecule has 0 aromatic heterocycles. The van der Waals surface area contributed by atoms with Crippen molar-refractivity contribution < 1.29 is 24.3 Å². The maximum Gasteiger partial charge on any atom is 0.326 e. The van der Waals surface area contributed by atoms with Gasteiger partial charge in [-0.3, -0.25) is 19.4 Å². The van der Waals surface area contributed by atoms with Crippen molar-refractivity contribution in [3.8, 4) is 0 Å². The Bertz CT molecular complexity index is 702. The number of thiol groups is 1. The van der Waals surface area contributed by atoms with Gasteiger partial charge in [-0.05, 0) is 44.6 Å². The van der Waals surface area contributed by atoms with E-state index in [4.69, 9.17) is 22.9 Å². The molecule has 0 aromatic rings. The molecule has 0 rings (SSSR count). The summed E-state index contributed by atoms with van der Waals surface area (Å²) >= 11 is 4.12. The highest BCUT2D eigenvalue weighted by atomic mass is 32.1. The topological polar surface area (TPSA) is 241 Å². The summed E-state index contributed by atoms with van der Waals surface area (Å²) in [7, 11) is 0. The molecule has 0 saturated carbocycles. The number of nitrogens with zero attached hydrogens (tertiary/aromatic N) is 1. The fraction of sp³-hybridized carbons (Fsp3) is 0.750. The van der Waals surface area contributed by atoms with Gasteiger partial charge in [-0.2, -0.15) is 12.6 Å². The number of aliphatic imine (C=N–C) groups is 1. The van der Waals surface area contributed by atoms with E-state index < -0.39 is 47.9 Å². The highest BCUT2D eigenvalue weighted by Crippen LogP contribution is 2.07. The minimum Gasteiger partial charge on any atom is -0.480 e. The molecule has 0 aromatic carbocycles. The molecule has 34 heavy (non-hydrogen) atoms. The summed E-state index contributed by atoms with van der Waals surface area (Å²) in [5, 5.41) is 16.9. The minimum absolute atomic E-state index is 0.0425. The van der Waals surface area contributed by atoms with Crippen molar-refractivity contribution >= 4 is 42.3 Å². The normalized spacial score (nSPS) is 14.4. The van der Waals surface area contributed by atoms with E-state index in [1.807, 2.05) is 0 Å². The number of nitrogens with two attached hydrogens (primary N) is 4. The van der Waals surface area contributed by atoms with Gasteiger partial charge in [-0.1, -0.05) is 13.8 Å². The fourth-order valence-corrected chi connectivity index (χ4v) is 3.18. The number of nitrogens with one attached hydrogen (secondary N) is 3. The van der Waals surface area contributed by atoms with Crippen molar-refractivity contribution in [2.45, 2.75) is 70.1 Å². The second kappa shape index (κ2) is 16.9. The Morgan fingerprint density at radius 3 is 2.00 bits per heavy atom. The average Bonchev–Trinajstić information content (AvgIpc) is 2.76. The number of carboxylic acid groups (broad SMARTS) is 1. The van der Waals surface area contributed by atoms with Crippen LogP contribution >= 0.6 is 12.6 Å². The third kappa shape index (κ3) is 12.6. The second-order valence-corrected chi connectivity index (χ2v) is 8.58. The predicted octanol–water partition coefficient (Wildman–Crippen LogP) is -2.38. The lowest BCUT2D eigenvalue weighted by atomic mass is 10.0. The van der Waals surface area contributed by atoms with E-state index in [9.17, 15) is 24.3 Å². The summed E-state index contributed by atoms with van der Waals surface area (Å²) in [4.78, 5) is 53.2. The summed E-state index contributed by atoms with van der Waals surface area (Å²) in [5.74, 6) is -3.47. The van der Waals surface area contributed by atoms with Gasteiger partial charge in [0, 0.05) is 12.3 Å². The highest BCUT2D eigenvalue weighted by Gasteiger charge is 2.30. The monoisotopic (exact) mass is 504 g/mol. The Labute approximate surface area is 205 Å². The lowest BCUT2D eigenvalue weighted by Crippen LogP contribution is -2.58. The van der Waals surface area contributed by atoms with Gasteiger partial charge in [-0.25, -0.2) is 4.79 Å². The molecule has 0 aliphatic heterocycles. The maximum atomic E-state index is 12.8. The summed E-state index contributed by atoms with van der Waals surface area (Å²) < 4.78 is 0. The molecule has 3 amide bonds. The SMILES string of the molecule is CC(C)C(NC(=O)C(CCCCN)NC(=O)C(CS)NC(=O)C(N)CCCN=C(N)N)C(=O)O. The molecule has 4 atom stereocenters. The van der Waals surface area contributed by atoms with E-state index in [-0.39, 0.29) is 24.1 Å². The average molecular weight is 505 g/mol. The highest BCUT2D eigenvalue weighted by molar-refractivity contribution is 7.80. The van der Waals surface area contributed by atoms with E-state index in [0.717, 1.165) is 0 Å². The molecule has 196 valence electrons. The Morgan fingerprint density at radius 2 is 1.50 bits per heavy atom. The molecule has 0 spiro atoms. The van der Waals surface area contributed by atoms with E-state index in [0.29, 0.717) is 38.8 Å². The number of unbranched alkanes of at least 4 members (excludes halogenated alkanes) is 1. The molecule has 0 fully saturated rings. The van der Waals surface area contributed by atoms with Crippen LogP contribution in [-0.2, 0) is 19.2 Å². The summed E-state index contributed by atoms with van der Waals surface area (Å²) in [5.41, 5.74) is 21.9. The van der Waals surface area contributed by atoms with Crippen LogP contribution in [0.25, 0.3) is 0 Å². The van der Waals surface area contributed by atoms with Crippen molar-refractivity contribution in [2.24, 2.45) is 33.8 Å². The zero-order chi connectivity index (χ0) is 26.3. The van der Waals surface area contributed by atoms with Crippen molar-refractivity contribution in [3.63, 3.8) is 0 Å². The third-order valence-electron chi connectivity index (χ3n) is 4.93. The van der Waals surface area contributed by atoms with E-state index in [2.05, 4.69) is 33.6 Å². The van der Waals surface area contributed by atoms with Gasteiger partial charge < -0.3 is 44.0 Å². The molecule has 0 bridgehead atoms. The van der Waals surface area contributed by atoms with Crippen LogP contribution in [0.5, 0.6) is 0 Å². The van der Waals surface area contributed by atoms with Gasteiger partial charge in [0.1, 0.15) is 18.1 Å². The number of aliphatic carboxylic acids is 1. The molecule has 0 aliphatic rings. The number of carbonyl (C=O) groups excluding carboxylic acids is 3. The van der Waals surface area contributed by atoms with Gasteiger partial charge in [0.15, 0.2) is 5.96 Å². The van der Waals surface area contributed by atoms with Crippen molar-refractivity contribution in [3.05, 3.63) is 0 Å². The first-order valence-electron chi connectivity index (χ1n) is 11.2. The lowest BCUT2D eigenvalue weighted by Gasteiger charge is -2.25. The Kier molecular flexibility index (Phi) is 15.7. The molecule has 14 heteroatoms. The Balaban J connectivity index is 5.14. The molecule has 13 nitrogen and oxygen atoms in total. The van der Waals surface area contributed by atoms with Crippen molar-refractivity contribution in [1.82, 2.24) is 16.0 Å². The third-order valence-corrected chi connectivity index (χ3v) is 5.30. The largest absolute Gasteiger partial charge is 0.480 e. The summed E-state index contributed by atoms with van der Waals surface area (Å²) in [6.07, 6.45) is 2.16. The van der Waals surface area contributed by atoms with Gasteiger partial charge in [0.25, 0.3) is 0 Å². The molecule has 4 unspecified atom stereocenters. The quantitative estimate of drug-likeness (QED) is 0.0444. The number of hydrogen-bond acceptors (Lipinski definition) is 8. The Morgan fingerprint density at radius 1 is 0.912 bits per heavy atom. The zero-order valence-electron chi connectivity index (χ0n) is 19.8. The smallest absolute Gasteiger partial charge is 0.326 e. The van der Waals surface area contributed by atoms with Crippen molar-refractivity contribution in [1.29, 1.82) is 0 Å². The van der Waals surface area contributed by atoms with Gasteiger partial charge >= 0.3 is 5.97 Å². The van der Waals surface area contributed by atoms with Gasteiger partial charge in [-0.15, -0.1) is 0 Å². The van der Waals surface area contributed by atoms with Crippen LogP contribution in [0.1, 0.15) is 46.0 Å². The molecule has 0 radical (unpaired) electrons. The molecule has 0 aliphatic carbocycles. The van der Waals surface area contributed by atoms with Crippen LogP contribution in [0.15, 0.2) is 4.99 Å². The van der Waals surface area contributed by atoms with Crippen LogP contribution in [-0.4, -0.2) is 77.8 Å². The standard InChI is InChI=1S/C20H40N8O5S/c1-11(2)15(19(32)33)28-17(30)13(7-3-4-8-21)26-18(31)14(10-34)27-16(29)12(22)6-5-9-25-20(23)24/h11-15,34H,3-10,21-22H2,1-2H3,(H,26,31)(H,27,29)(H,28,30)(H,32,33)(H4,23,24,25). The number of carbonyl (C=O) groups is 4. The first kappa shape index (κ1) is 31.4. The lowest BCUT2D eigenvalue weighted by molar-refractivity contribution is -0.143. The molecular weight excluding hydrogens is 464 g/mol. The van der Waals surface area contributed by atoms with Crippen LogP contribution in [0, 0.1) is 5.92 Å². The number of hydrogen-bond donors (Lipinski definition) is 9. The van der Waals surface area contributed by atoms with Crippen LogP contribution < -0.4 is 38.9 Å². The first-order chi connectivity index (χ1) is 15.9. The summed E-state index contributed by atoms with van der Waals surface area (Å²) in [6, 6.07) is -4.06. The van der Waals surface area contributed by atoms with Crippen molar-refractivity contribution in [2.75, 3.05) is 18.8 Å². The number of amides is 3. The predicted molar refractivity (Wildman–Crippen MR) is 133 cm³/mol. The first-order valence-corrected chi connectivity index (χ1v) is 11.8. The maximum absolute atomic E-state index is 12.8. The number of guanidine groups is 1. The van der Waals surface area contributed by atoms with Crippen LogP contribution in [0.2, 0.25) is 0 Å².